The minimum atomic E-state index is -0.617. The number of aromatic nitrogens is 1. The van der Waals surface area contributed by atoms with Crippen molar-refractivity contribution in [1.82, 2.24) is 4.57 Å². The summed E-state index contributed by atoms with van der Waals surface area (Å²) in [7, 11) is 0. The monoisotopic (exact) mass is 378 g/mol. The van der Waals surface area contributed by atoms with E-state index in [-0.39, 0.29) is 23.4 Å². The van der Waals surface area contributed by atoms with E-state index in [1.54, 1.807) is 37.4 Å². The summed E-state index contributed by atoms with van der Waals surface area (Å²) >= 11 is 0. The highest BCUT2D eigenvalue weighted by atomic mass is 16.3. The zero-order valence-electron chi connectivity index (χ0n) is 16.7. The normalized spacial score (nSPS) is 12.8. The van der Waals surface area contributed by atoms with Crippen LogP contribution >= 0.6 is 0 Å². The first-order chi connectivity index (χ1) is 13.2. The SMILES string of the molecule is CC(O)Cn1ccc2c(NC(=O)c3ccc(C(C)(C)C)cc3)cccc2c1=O. The van der Waals surface area contributed by atoms with Crippen LogP contribution in [0.1, 0.15) is 43.6 Å². The molecular weight excluding hydrogens is 352 g/mol. The Labute approximate surface area is 164 Å². The van der Waals surface area contributed by atoms with E-state index in [0.717, 1.165) is 5.56 Å². The molecule has 0 spiro atoms. The maximum Gasteiger partial charge on any atom is 0.258 e. The number of benzene rings is 2. The number of nitrogens with zero attached hydrogens (tertiary/aromatic N) is 1. The average molecular weight is 378 g/mol. The molecular formula is C23H26N2O3. The van der Waals surface area contributed by atoms with Gasteiger partial charge in [-0.3, -0.25) is 9.59 Å². The second-order valence-electron chi connectivity index (χ2n) is 8.17. The van der Waals surface area contributed by atoms with Crippen molar-refractivity contribution in [2.24, 2.45) is 0 Å². The lowest BCUT2D eigenvalue weighted by Gasteiger charge is -2.19. The zero-order valence-corrected chi connectivity index (χ0v) is 16.7. The average Bonchev–Trinajstić information content (AvgIpc) is 2.63. The van der Waals surface area contributed by atoms with E-state index in [1.165, 1.54) is 4.57 Å². The summed E-state index contributed by atoms with van der Waals surface area (Å²) in [6, 6.07) is 14.6. The molecule has 146 valence electrons. The van der Waals surface area contributed by atoms with Gasteiger partial charge >= 0.3 is 0 Å². The van der Waals surface area contributed by atoms with Crippen LogP contribution < -0.4 is 10.9 Å². The predicted molar refractivity (Wildman–Crippen MR) is 113 cm³/mol. The molecule has 28 heavy (non-hydrogen) atoms. The molecule has 0 radical (unpaired) electrons. The number of amides is 1. The molecule has 5 nitrogen and oxygen atoms in total. The third kappa shape index (κ3) is 4.15. The van der Waals surface area contributed by atoms with E-state index in [9.17, 15) is 14.7 Å². The Morgan fingerprint density at radius 2 is 1.75 bits per heavy atom. The Balaban J connectivity index is 1.91. The van der Waals surface area contributed by atoms with E-state index in [2.05, 4.69) is 26.1 Å². The smallest absolute Gasteiger partial charge is 0.258 e. The molecule has 1 atom stereocenters. The molecule has 0 aliphatic carbocycles. The topological polar surface area (TPSA) is 71.3 Å². The van der Waals surface area contributed by atoms with Crippen molar-refractivity contribution in [3.05, 3.63) is 76.2 Å². The van der Waals surface area contributed by atoms with Gasteiger partial charge < -0.3 is 15.0 Å². The summed E-state index contributed by atoms with van der Waals surface area (Å²) in [5, 5.41) is 13.6. The van der Waals surface area contributed by atoms with Crippen LogP contribution in [-0.2, 0) is 12.0 Å². The van der Waals surface area contributed by atoms with Crippen LogP contribution in [0.4, 0.5) is 5.69 Å². The molecule has 0 fully saturated rings. The van der Waals surface area contributed by atoms with Gasteiger partial charge in [0.15, 0.2) is 0 Å². The highest BCUT2D eigenvalue weighted by Crippen LogP contribution is 2.24. The molecule has 2 N–H and O–H groups in total. The second-order valence-corrected chi connectivity index (χ2v) is 8.17. The number of nitrogens with one attached hydrogen (secondary N) is 1. The molecule has 0 bridgehead atoms. The molecule has 0 aliphatic heterocycles. The van der Waals surface area contributed by atoms with Gasteiger partial charge in [-0.25, -0.2) is 0 Å². The van der Waals surface area contributed by atoms with Crippen molar-refractivity contribution in [2.45, 2.75) is 45.8 Å². The van der Waals surface area contributed by atoms with Crippen molar-refractivity contribution in [1.29, 1.82) is 0 Å². The molecule has 0 saturated heterocycles. The Hall–Kier alpha value is -2.92. The number of anilines is 1. The van der Waals surface area contributed by atoms with E-state index in [4.69, 9.17) is 0 Å². The van der Waals surface area contributed by atoms with E-state index < -0.39 is 6.10 Å². The maximum absolute atomic E-state index is 12.7. The summed E-state index contributed by atoms with van der Waals surface area (Å²) < 4.78 is 1.48. The molecule has 2 aromatic carbocycles. The van der Waals surface area contributed by atoms with Crippen LogP contribution in [0.3, 0.4) is 0 Å². The lowest BCUT2D eigenvalue weighted by Crippen LogP contribution is -2.25. The predicted octanol–water partition coefficient (Wildman–Crippen LogP) is 3.93. The maximum atomic E-state index is 12.7. The number of hydrogen-bond donors (Lipinski definition) is 2. The van der Waals surface area contributed by atoms with Gasteiger partial charge in [0.05, 0.1) is 12.6 Å². The Kier molecular flexibility index (Phi) is 5.38. The third-order valence-corrected chi connectivity index (χ3v) is 4.74. The van der Waals surface area contributed by atoms with Crippen LogP contribution in [-0.4, -0.2) is 21.7 Å². The van der Waals surface area contributed by atoms with Gasteiger partial charge in [0, 0.05) is 28.2 Å². The summed E-state index contributed by atoms with van der Waals surface area (Å²) in [5.41, 5.74) is 2.14. The first-order valence-corrected chi connectivity index (χ1v) is 9.39. The van der Waals surface area contributed by atoms with Gasteiger partial charge in [-0.2, -0.15) is 0 Å². The van der Waals surface area contributed by atoms with Gasteiger partial charge in [-0.15, -0.1) is 0 Å². The minimum absolute atomic E-state index is 0.0244. The van der Waals surface area contributed by atoms with Gasteiger partial charge in [-0.05, 0) is 48.2 Å². The molecule has 3 rings (SSSR count). The number of pyridine rings is 1. The largest absolute Gasteiger partial charge is 0.392 e. The van der Waals surface area contributed by atoms with Crippen molar-refractivity contribution in [2.75, 3.05) is 5.32 Å². The van der Waals surface area contributed by atoms with Crippen molar-refractivity contribution >= 4 is 22.4 Å². The van der Waals surface area contributed by atoms with Gasteiger partial charge in [0.1, 0.15) is 0 Å². The van der Waals surface area contributed by atoms with Crippen LogP contribution in [0.5, 0.6) is 0 Å². The third-order valence-electron chi connectivity index (χ3n) is 4.74. The quantitative estimate of drug-likeness (QED) is 0.722. The first-order valence-electron chi connectivity index (χ1n) is 9.39. The molecule has 0 saturated carbocycles. The van der Waals surface area contributed by atoms with Gasteiger partial charge in [0.2, 0.25) is 0 Å². The van der Waals surface area contributed by atoms with Crippen LogP contribution in [0.15, 0.2) is 59.5 Å². The Morgan fingerprint density at radius 1 is 1.07 bits per heavy atom. The fourth-order valence-electron chi connectivity index (χ4n) is 3.17. The van der Waals surface area contributed by atoms with Crippen LogP contribution in [0.25, 0.3) is 10.8 Å². The number of fused-ring (bicyclic) bond motifs is 1. The van der Waals surface area contributed by atoms with E-state index in [0.29, 0.717) is 22.0 Å². The fourth-order valence-corrected chi connectivity index (χ4v) is 3.17. The lowest BCUT2D eigenvalue weighted by molar-refractivity contribution is 0.102. The molecule has 1 heterocycles. The number of hydrogen-bond acceptors (Lipinski definition) is 3. The number of aliphatic hydroxyl groups excluding tert-OH is 1. The zero-order chi connectivity index (χ0) is 20.5. The lowest BCUT2D eigenvalue weighted by atomic mass is 9.87. The van der Waals surface area contributed by atoms with Gasteiger partial charge in [-0.1, -0.05) is 39.0 Å². The fraction of sp³-hybridized carbons (Fsp3) is 0.304. The van der Waals surface area contributed by atoms with Gasteiger partial charge in [0.25, 0.3) is 11.5 Å². The Bertz CT molecular complexity index is 1060. The minimum Gasteiger partial charge on any atom is -0.392 e. The summed E-state index contributed by atoms with van der Waals surface area (Å²) in [4.78, 5) is 25.3. The highest BCUT2D eigenvalue weighted by molar-refractivity contribution is 6.09. The molecule has 1 unspecified atom stereocenters. The number of carbonyl (C=O) groups is 1. The number of aliphatic hydroxyl groups is 1. The second kappa shape index (κ2) is 7.60. The van der Waals surface area contributed by atoms with Crippen molar-refractivity contribution in [3.63, 3.8) is 0 Å². The van der Waals surface area contributed by atoms with Crippen molar-refractivity contribution < 1.29 is 9.90 Å². The summed E-state index contributed by atoms with van der Waals surface area (Å²) in [6.45, 7) is 8.25. The van der Waals surface area contributed by atoms with E-state index >= 15 is 0 Å². The molecule has 3 aromatic rings. The molecule has 5 heteroatoms. The van der Waals surface area contributed by atoms with Crippen LogP contribution in [0.2, 0.25) is 0 Å². The number of carbonyl (C=O) groups excluding carboxylic acids is 1. The molecule has 1 aromatic heterocycles. The summed E-state index contributed by atoms with van der Waals surface area (Å²) in [5.74, 6) is -0.221. The summed E-state index contributed by atoms with van der Waals surface area (Å²) in [6.07, 6.45) is 1.03. The molecule has 0 aliphatic rings. The highest BCUT2D eigenvalue weighted by Gasteiger charge is 2.15. The standard InChI is InChI=1S/C23H26N2O3/c1-15(26)14-25-13-12-18-19(22(25)28)6-5-7-20(18)24-21(27)16-8-10-17(11-9-16)23(2,3)4/h5-13,15,26H,14H2,1-4H3,(H,24,27). The molecule has 1 amide bonds. The number of rotatable bonds is 4. The van der Waals surface area contributed by atoms with Crippen molar-refractivity contribution in [3.8, 4) is 0 Å². The first kappa shape index (κ1) is 19.8. The Morgan fingerprint density at radius 3 is 2.36 bits per heavy atom. The van der Waals surface area contributed by atoms with E-state index in [1.807, 2.05) is 24.3 Å². The van der Waals surface area contributed by atoms with Crippen LogP contribution in [0, 0.1) is 0 Å².